The molecule has 178 valence electrons. The Balaban J connectivity index is 2.09. The molecule has 0 unspecified atom stereocenters. The van der Waals surface area contributed by atoms with E-state index in [2.05, 4.69) is 0 Å². The van der Waals surface area contributed by atoms with Gasteiger partial charge in [-0.2, -0.15) is 21.6 Å². The van der Waals surface area contributed by atoms with Gasteiger partial charge < -0.3 is 0 Å². The standard InChI is InChI=1S/C22H39F3O3S2/c23-22(24,25)30(26,27)28-29(19-13-7-1-2-8-14-19,20-15-9-3-4-10-16-20)21-17-11-5-6-12-18-21/h19-21H,1-18H2. The third-order valence-electron chi connectivity index (χ3n) is 7.46. The first-order chi connectivity index (χ1) is 14.3. The molecule has 30 heavy (non-hydrogen) atoms. The van der Waals surface area contributed by atoms with Gasteiger partial charge in [-0.3, -0.25) is 0 Å². The van der Waals surface area contributed by atoms with Gasteiger partial charge in [-0.1, -0.05) is 77.0 Å². The number of hydrogen-bond acceptors (Lipinski definition) is 3. The van der Waals surface area contributed by atoms with Crippen molar-refractivity contribution in [2.75, 3.05) is 0 Å². The van der Waals surface area contributed by atoms with E-state index in [0.29, 0.717) is 0 Å². The molecular formula is C22H39F3O3S2. The van der Waals surface area contributed by atoms with Crippen LogP contribution in [0, 0.1) is 0 Å². The van der Waals surface area contributed by atoms with Crippen LogP contribution in [0.1, 0.15) is 116 Å². The lowest BCUT2D eigenvalue weighted by Gasteiger charge is -2.55. The van der Waals surface area contributed by atoms with E-state index in [4.69, 9.17) is 3.63 Å². The smallest absolute Gasteiger partial charge is 0.212 e. The third kappa shape index (κ3) is 5.69. The maximum absolute atomic E-state index is 13.6. The second kappa shape index (κ2) is 10.8. The van der Waals surface area contributed by atoms with Crippen LogP contribution in [0.3, 0.4) is 0 Å². The van der Waals surface area contributed by atoms with Crippen LogP contribution in [0.15, 0.2) is 0 Å². The average molecular weight is 473 g/mol. The minimum atomic E-state index is -5.60. The highest BCUT2D eigenvalue weighted by molar-refractivity contribution is 8.34. The summed E-state index contributed by atoms with van der Waals surface area (Å²) in [5.74, 6) is 0. The summed E-state index contributed by atoms with van der Waals surface area (Å²) in [7, 11) is -8.02. The third-order valence-corrected chi connectivity index (χ3v) is 14.2. The van der Waals surface area contributed by atoms with Crippen molar-refractivity contribution in [3.05, 3.63) is 0 Å². The van der Waals surface area contributed by atoms with Crippen LogP contribution in [-0.4, -0.2) is 29.7 Å². The zero-order valence-corrected chi connectivity index (χ0v) is 19.8. The summed E-state index contributed by atoms with van der Waals surface area (Å²) in [6.07, 6.45) is 17.4. The zero-order chi connectivity index (χ0) is 21.7. The molecule has 0 spiro atoms. The maximum atomic E-state index is 13.6. The van der Waals surface area contributed by atoms with Crippen LogP contribution >= 0.6 is 10.3 Å². The van der Waals surface area contributed by atoms with Gasteiger partial charge in [0.15, 0.2) is 0 Å². The summed E-state index contributed by atoms with van der Waals surface area (Å²) in [6.45, 7) is 0. The molecule has 0 aliphatic heterocycles. The van der Waals surface area contributed by atoms with Crippen LogP contribution in [-0.2, 0) is 13.7 Å². The van der Waals surface area contributed by atoms with E-state index < -0.39 is 25.9 Å². The molecule has 0 aromatic carbocycles. The molecule has 0 bridgehead atoms. The van der Waals surface area contributed by atoms with Gasteiger partial charge in [0.1, 0.15) is 0 Å². The molecule has 0 atom stereocenters. The molecule has 3 aliphatic rings. The van der Waals surface area contributed by atoms with Crippen LogP contribution in [0.2, 0.25) is 0 Å². The first-order valence-electron chi connectivity index (χ1n) is 12.1. The normalized spacial score (nSPS) is 26.0. The molecule has 3 rings (SSSR count). The predicted molar refractivity (Wildman–Crippen MR) is 118 cm³/mol. The molecule has 3 nitrogen and oxygen atoms in total. The highest BCUT2D eigenvalue weighted by atomic mass is 32.3. The first-order valence-corrected chi connectivity index (χ1v) is 15.3. The minimum Gasteiger partial charge on any atom is -0.212 e. The van der Waals surface area contributed by atoms with Gasteiger partial charge in [0, 0.05) is 15.7 Å². The number of rotatable bonds is 5. The predicted octanol–water partition coefficient (Wildman–Crippen LogP) is 7.74. The van der Waals surface area contributed by atoms with E-state index in [1.54, 1.807) is 0 Å². The van der Waals surface area contributed by atoms with Gasteiger partial charge in [0.25, 0.3) is 0 Å². The molecule has 3 aliphatic carbocycles. The Morgan fingerprint density at radius 2 is 0.800 bits per heavy atom. The summed E-state index contributed by atoms with van der Waals surface area (Å²) in [5, 5.41) is -0.0324. The fraction of sp³-hybridized carbons (Fsp3) is 1.00. The Labute approximate surface area is 182 Å². The van der Waals surface area contributed by atoms with E-state index in [-0.39, 0.29) is 15.7 Å². The molecule has 3 saturated carbocycles. The summed E-state index contributed by atoms with van der Waals surface area (Å²) in [4.78, 5) is 0. The molecule has 0 saturated heterocycles. The van der Waals surface area contributed by atoms with Crippen molar-refractivity contribution in [1.82, 2.24) is 0 Å². The van der Waals surface area contributed by atoms with Crippen molar-refractivity contribution in [3.63, 3.8) is 0 Å². The van der Waals surface area contributed by atoms with Crippen molar-refractivity contribution in [2.45, 2.75) is 137 Å². The molecule has 0 aromatic rings. The average Bonchev–Trinajstić information content (AvgIpc) is 3.21. The summed E-state index contributed by atoms with van der Waals surface area (Å²) < 4.78 is 71.6. The van der Waals surface area contributed by atoms with Crippen LogP contribution < -0.4 is 0 Å². The number of alkyl halides is 3. The van der Waals surface area contributed by atoms with Crippen molar-refractivity contribution in [3.8, 4) is 0 Å². The molecule has 0 amide bonds. The van der Waals surface area contributed by atoms with E-state index in [9.17, 15) is 21.6 Å². The van der Waals surface area contributed by atoms with E-state index in [1.165, 1.54) is 0 Å². The maximum Gasteiger partial charge on any atom is 0.523 e. The lowest BCUT2D eigenvalue weighted by molar-refractivity contribution is -0.0497. The van der Waals surface area contributed by atoms with Gasteiger partial charge in [-0.15, -0.1) is 10.3 Å². The Bertz CT molecular complexity index is 562. The van der Waals surface area contributed by atoms with E-state index in [0.717, 1.165) is 116 Å². The summed E-state index contributed by atoms with van der Waals surface area (Å²) >= 11 is 0. The van der Waals surface area contributed by atoms with Gasteiger partial charge >= 0.3 is 15.6 Å². The highest BCUT2D eigenvalue weighted by Gasteiger charge is 2.56. The van der Waals surface area contributed by atoms with E-state index >= 15 is 0 Å². The van der Waals surface area contributed by atoms with Gasteiger partial charge in [0.2, 0.25) is 0 Å². The summed E-state index contributed by atoms with van der Waals surface area (Å²) in [6, 6.07) is 0. The lowest BCUT2D eigenvalue weighted by Crippen LogP contribution is -2.42. The van der Waals surface area contributed by atoms with Crippen LogP contribution in [0.25, 0.3) is 0 Å². The largest absolute Gasteiger partial charge is 0.523 e. The number of hydrogen-bond donors (Lipinski definition) is 0. The molecule has 0 N–H and O–H groups in total. The van der Waals surface area contributed by atoms with Gasteiger partial charge in [-0.05, 0) is 38.5 Å². The number of halogens is 3. The molecule has 3 fully saturated rings. The van der Waals surface area contributed by atoms with Crippen LogP contribution in [0.4, 0.5) is 13.2 Å². The minimum absolute atomic E-state index is 0.0108. The topological polar surface area (TPSA) is 43.4 Å². The fourth-order valence-electron chi connectivity index (χ4n) is 6.01. The summed E-state index contributed by atoms with van der Waals surface area (Å²) in [5.41, 5.74) is -5.34. The molecule has 0 radical (unpaired) electrons. The zero-order valence-electron chi connectivity index (χ0n) is 18.1. The Hall–Kier alpha value is 0.0500. The van der Waals surface area contributed by atoms with Gasteiger partial charge in [0.05, 0.1) is 0 Å². The molecular weight excluding hydrogens is 433 g/mol. The second-order valence-corrected chi connectivity index (χ2v) is 14.8. The first kappa shape index (κ1) is 24.7. The SMILES string of the molecule is O=S(=O)(OS(C1CCCCCC1)(C1CCCCCC1)C1CCCCCC1)C(F)(F)F. The Morgan fingerprint density at radius 1 is 0.533 bits per heavy atom. The monoisotopic (exact) mass is 472 g/mol. The van der Waals surface area contributed by atoms with Crippen LogP contribution in [0.5, 0.6) is 0 Å². The quantitative estimate of drug-likeness (QED) is 0.303. The van der Waals surface area contributed by atoms with Crippen molar-refractivity contribution in [2.24, 2.45) is 0 Å². The fourth-order valence-corrected chi connectivity index (χ4v) is 13.7. The molecule has 0 aromatic heterocycles. The molecule has 0 heterocycles. The van der Waals surface area contributed by atoms with Gasteiger partial charge in [-0.25, -0.2) is 3.63 Å². The Morgan fingerprint density at radius 3 is 1.03 bits per heavy atom. The van der Waals surface area contributed by atoms with Crippen molar-refractivity contribution in [1.29, 1.82) is 0 Å². The van der Waals surface area contributed by atoms with E-state index in [1.807, 2.05) is 0 Å². The highest BCUT2D eigenvalue weighted by Crippen LogP contribution is 2.70. The van der Waals surface area contributed by atoms with Crippen molar-refractivity contribution >= 4 is 20.4 Å². The van der Waals surface area contributed by atoms with Crippen molar-refractivity contribution < 1.29 is 25.2 Å². The lowest BCUT2D eigenvalue weighted by atomic mass is 10.2. The Kier molecular flexibility index (Phi) is 8.87. The molecule has 8 heteroatoms. The second-order valence-electron chi connectivity index (χ2n) is 9.51.